The lowest BCUT2D eigenvalue weighted by atomic mass is 9.84. The average molecular weight is 211 g/mol. The van der Waals surface area contributed by atoms with Crippen LogP contribution < -0.4 is 5.32 Å². The van der Waals surface area contributed by atoms with Gasteiger partial charge in [-0.25, -0.2) is 0 Å². The van der Waals surface area contributed by atoms with Gasteiger partial charge in [-0.2, -0.15) is 0 Å². The smallest absolute Gasteiger partial charge is 0.0474 e. The van der Waals surface area contributed by atoms with Crippen LogP contribution in [0.2, 0.25) is 0 Å². The molecule has 0 bridgehead atoms. The van der Waals surface area contributed by atoms with Crippen molar-refractivity contribution in [3.05, 3.63) is 0 Å². The lowest BCUT2D eigenvalue weighted by molar-refractivity contribution is 0.145. The van der Waals surface area contributed by atoms with E-state index in [0.717, 1.165) is 5.92 Å². The molecule has 2 N–H and O–H groups in total. The van der Waals surface area contributed by atoms with Crippen molar-refractivity contribution in [3.8, 4) is 0 Å². The molecular formula is C13H25NO. The Morgan fingerprint density at radius 1 is 1.20 bits per heavy atom. The van der Waals surface area contributed by atoms with Gasteiger partial charge in [0.1, 0.15) is 0 Å². The summed E-state index contributed by atoms with van der Waals surface area (Å²) in [6.45, 7) is 2.68. The summed E-state index contributed by atoms with van der Waals surface area (Å²) in [5.74, 6) is 1.52. The largest absolute Gasteiger partial charge is 0.396 e. The van der Waals surface area contributed by atoms with Gasteiger partial charge >= 0.3 is 0 Å². The summed E-state index contributed by atoms with van der Waals surface area (Å²) >= 11 is 0. The molecule has 3 atom stereocenters. The molecule has 0 spiro atoms. The Hall–Kier alpha value is -0.0800. The average Bonchev–Trinajstić information content (AvgIpc) is 3.02. The predicted molar refractivity (Wildman–Crippen MR) is 62.8 cm³/mol. The fourth-order valence-electron chi connectivity index (χ4n) is 2.93. The van der Waals surface area contributed by atoms with Crippen LogP contribution in [-0.4, -0.2) is 23.8 Å². The van der Waals surface area contributed by atoms with Crippen molar-refractivity contribution in [2.45, 2.75) is 64.0 Å². The number of aliphatic hydroxyl groups excluding tert-OH is 1. The van der Waals surface area contributed by atoms with Crippen LogP contribution in [0.4, 0.5) is 0 Å². The van der Waals surface area contributed by atoms with Crippen molar-refractivity contribution in [1.29, 1.82) is 0 Å². The first-order valence-corrected chi connectivity index (χ1v) is 6.66. The lowest BCUT2D eigenvalue weighted by Gasteiger charge is -2.33. The second kappa shape index (κ2) is 5.31. The number of rotatable bonds is 5. The van der Waals surface area contributed by atoms with Gasteiger partial charge in [0.15, 0.2) is 0 Å². The van der Waals surface area contributed by atoms with Crippen LogP contribution in [0.1, 0.15) is 51.9 Å². The summed E-state index contributed by atoms with van der Waals surface area (Å²) in [7, 11) is 0. The summed E-state index contributed by atoms with van der Waals surface area (Å²) < 4.78 is 0. The highest BCUT2D eigenvalue weighted by Crippen LogP contribution is 2.34. The first kappa shape index (κ1) is 11.4. The quantitative estimate of drug-likeness (QED) is 0.731. The van der Waals surface area contributed by atoms with Gasteiger partial charge < -0.3 is 10.4 Å². The number of aliphatic hydroxyl groups is 1. The monoisotopic (exact) mass is 211 g/mol. The minimum absolute atomic E-state index is 0.369. The van der Waals surface area contributed by atoms with Crippen LogP contribution in [0.3, 0.4) is 0 Å². The molecule has 2 heteroatoms. The minimum Gasteiger partial charge on any atom is -0.396 e. The van der Waals surface area contributed by atoms with Crippen LogP contribution in [0, 0.1) is 11.8 Å². The zero-order valence-corrected chi connectivity index (χ0v) is 9.91. The first-order chi connectivity index (χ1) is 7.29. The molecular weight excluding hydrogens is 186 g/mol. The van der Waals surface area contributed by atoms with E-state index in [9.17, 15) is 5.11 Å². The van der Waals surface area contributed by atoms with Crippen molar-refractivity contribution >= 4 is 0 Å². The molecule has 2 aliphatic carbocycles. The Morgan fingerprint density at radius 2 is 1.93 bits per heavy atom. The van der Waals surface area contributed by atoms with E-state index in [0.29, 0.717) is 24.6 Å². The molecule has 0 heterocycles. The highest BCUT2D eigenvalue weighted by atomic mass is 16.3. The van der Waals surface area contributed by atoms with Gasteiger partial charge in [-0.05, 0) is 38.0 Å². The van der Waals surface area contributed by atoms with Crippen LogP contribution >= 0.6 is 0 Å². The Balaban J connectivity index is 1.74. The van der Waals surface area contributed by atoms with Crippen molar-refractivity contribution in [1.82, 2.24) is 5.32 Å². The SMILES string of the molecule is CC(CC1CC1)NC1CCCCC1CO. The topological polar surface area (TPSA) is 32.3 Å². The third kappa shape index (κ3) is 3.46. The molecule has 0 radical (unpaired) electrons. The van der Waals surface area contributed by atoms with Gasteiger partial charge in [-0.3, -0.25) is 0 Å². The zero-order valence-electron chi connectivity index (χ0n) is 9.91. The van der Waals surface area contributed by atoms with E-state index in [1.165, 1.54) is 44.9 Å². The Bertz CT molecular complexity index is 191. The van der Waals surface area contributed by atoms with E-state index in [-0.39, 0.29) is 0 Å². The zero-order chi connectivity index (χ0) is 10.7. The number of nitrogens with one attached hydrogen (secondary N) is 1. The maximum absolute atomic E-state index is 9.33. The highest BCUT2D eigenvalue weighted by Gasteiger charge is 2.28. The van der Waals surface area contributed by atoms with E-state index >= 15 is 0 Å². The summed E-state index contributed by atoms with van der Waals surface area (Å²) in [5.41, 5.74) is 0. The van der Waals surface area contributed by atoms with Crippen LogP contribution in [-0.2, 0) is 0 Å². The molecule has 0 aromatic heterocycles. The van der Waals surface area contributed by atoms with Gasteiger partial charge in [0.05, 0.1) is 0 Å². The number of hydrogen-bond acceptors (Lipinski definition) is 2. The lowest BCUT2D eigenvalue weighted by Crippen LogP contribution is -2.44. The Kier molecular flexibility index (Phi) is 4.04. The van der Waals surface area contributed by atoms with Gasteiger partial charge in [0.25, 0.3) is 0 Å². The fourth-order valence-corrected chi connectivity index (χ4v) is 2.93. The standard InChI is InChI=1S/C13H25NO/c1-10(8-11-6-7-11)14-13-5-3-2-4-12(13)9-15/h10-15H,2-9H2,1H3. The van der Waals surface area contributed by atoms with Crippen molar-refractivity contribution in [2.75, 3.05) is 6.61 Å². The highest BCUT2D eigenvalue weighted by molar-refractivity contribution is 4.85. The molecule has 3 unspecified atom stereocenters. The summed E-state index contributed by atoms with van der Waals surface area (Å²) in [4.78, 5) is 0. The summed E-state index contributed by atoms with van der Waals surface area (Å²) in [6, 6.07) is 1.23. The van der Waals surface area contributed by atoms with Crippen molar-refractivity contribution in [2.24, 2.45) is 11.8 Å². The maximum Gasteiger partial charge on any atom is 0.0474 e. The molecule has 88 valence electrons. The van der Waals surface area contributed by atoms with Crippen molar-refractivity contribution < 1.29 is 5.11 Å². The molecule has 0 aromatic carbocycles. The van der Waals surface area contributed by atoms with E-state index in [2.05, 4.69) is 12.2 Å². The minimum atomic E-state index is 0.369. The van der Waals surface area contributed by atoms with E-state index < -0.39 is 0 Å². The third-order valence-corrected chi connectivity index (χ3v) is 4.03. The summed E-state index contributed by atoms with van der Waals surface area (Å²) in [6.07, 6.45) is 9.35. The first-order valence-electron chi connectivity index (χ1n) is 6.66. The summed E-state index contributed by atoms with van der Waals surface area (Å²) in [5, 5.41) is 13.1. The van der Waals surface area contributed by atoms with Gasteiger partial charge in [0.2, 0.25) is 0 Å². The molecule has 2 aliphatic rings. The fraction of sp³-hybridized carbons (Fsp3) is 1.00. The van der Waals surface area contributed by atoms with E-state index in [1.54, 1.807) is 0 Å². The number of hydrogen-bond donors (Lipinski definition) is 2. The predicted octanol–water partition coefficient (Wildman–Crippen LogP) is 2.32. The Morgan fingerprint density at radius 3 is 2.60 bits per heavy atom. The molecule has 2 saturated carbocycles. The van der Waals surface area contributed by atoms with Crippen LogP contribution in [0.15, 0.2) is 0 Å². The normalized spacial score (nSPS) is 34.0. The molecule has 2 fully saturated rings. The third-order valence-electron chi connectivity index (χ3n) is 4.03. The molecule has 0 aromatic rings. The molecule has 0 saturated heterocycles. The second-order valence-electron chi connectivity index (χ2n) is 5.58. The van der Waals surface area contributed by atoms with Crippen LogP contribution in [0.25, 0.3) is 0 Å². The molecule has 2 rings (SSSR count). The molecule has 0 aliphatic heterocycles. The second-order valence-corrected chi connectivity index (χ2v) is 5.58. The molecule has 15 heavy (non-hydrogen) atoms. The van der Waals surface area contributed by atoms with Gasteiger partial charge in [-0.15, -0.1) is 0 Å². The van der Waals surface area contributed by atoms with E-state index in [4.69, 9.17) is 0 Å². The van der Waals surface area contributed by atoms with E-state index in [1.807, 2.05) is 0 Å². The molecule has 0 amide bonds. The van der Waals surface area contributed by atoms with Crippen molar-refractivity contribution in [3.63, 3.8) is 0 Å². The maximum atomic E-state index is 9.33. The van der Waals surface area contributed by atoms with Crippen LogP contribution in [0.5, 0.6) is 0 Å². The van der Waals surface area contributed by atoms with Gasteiger partial charge in [-0.1, -0.05) is 25.7 Å². The molecule has 2 nitrogen and oxygen atoms in total. The Labute approximate surface area is 93.5 Å². The van der Waals surface area contributed by atoms with Gasteiger partial charge in [0, 0.05) is 18.7 Å².